The second-order valence-corrected chi connectivity index (χ2v) is 6.04. The third-order valence-electron chi connectivity index (χ3n) is 3.54. The Hall–Kier alpha value is -0.0400. The average molecular weight is 197 g/mol. The average Bonchev–Trinajstić information content (AvgIpc) is 2.56. The lowest BCUT2D eigenvalue weighted by Crippen LogP contribution is -2.33. The van der Waals surface area contributed by atoms with Crippen molar-refractivity contribution in [3.8, 4) is 0 Å². The van der Waals surface area contributed by atoms with Crippen LogP contribution in [-0.2, 0) is 0 Å². The Bertz CT molecular complexity index is 151. The second kappa shape index (κ2) is 5.16. The quantitative estimate of drug-likeness (QED) is 0.726. The van der Waals surface area contributed by atoms with Crippen molar-refractivity contribution >= 4 is 0 Å². The number of nitrogens with one attached hydrogen (secondary N) is 1. The topological polar surface area (TPSA) is 12.0 Å². The van der Waals surface area contributed by atoms with Crippen LogP contribution in [0.2, 0.25) is 0 Å². The Labute approximate surface area is 89.7 Å². The summed E-state index contributed by atoms with van der Waals surface area (Å²) in [6.07, 6.45) is 8.52. The van der Waals surface area contributed by atoms with Crippen LogP contribution in [0.4, 0.5) is 0 Å². The van der Waals surface area contributed by atoms with Gasteiger partial charge in [0.05, 0.1) is 0 Å². The van der Waals surface area contributed by atoms with Gasteiger partial charge in [0.15, 0.2) is 0 Å². The highest BCUT2D eigenvalue weighted by atomic mass is 14.9. The van der Waals surface area contributed by atoms with Gasteiger partial charge in [0.2, 0.25) is 0 Å². The summed E-state index contributed by atoms with van der Waals surface area (Å²) in [4.78, 5) is 0. The monoisotopic (exact) mass is 197 g/mol. The third-order valence-corrected chi connectivity index (χ3v) is 3.54. The zero-order valence-corrected chi connectivity index (χ0v) is 10.4. The lowest BCUT2D eigenvalue weighted by Gasteiger charge is -2.27. The van der Waals surface area contributed by atoms with Crippen molar-refractivity contribution in [1.82, 2.24) is 5.32 Å². The van der Waals surface area contributed by atoms with E-state index >= 15 is 0 Å². The molecular formula is C13H27N. The highest BCUT2D eigenvalue weighted by Gasteiger charge is 2.24. The molecule has 1 fully saturated rings. The van der Waals surface area contributed by atoms with Gasteiger partial charge in [-0.3, -0.25) is 0 Å². The molecule has 0 aromatic carbocycles. The van der Waals surface area contributed by atoms with Crippen LogP contribution < -0.4 is 5.32 Å². The first-order valence-corrected chi connectivity index (χ1v) is 6.20. The van der Waals surface area contributed by atoms with Gasteiger partial charge in [0, 0.05) is 6.04 Å². The lowest BCUT2D eigenvalue weighted by atomic mass is 9.85. The first-order valence-electron chi connectivity index (χ1n) is 6.20. The summed E-state index contributed by atoms with van der Waals surface area (Å²) < 4.78 is 0. The minimum absolute atomic E-state index is 0.494. The molecule has 1 N–H and O–H groups in total. The molecule has 1 heteroatoms. The molecule has 0 aromatic heterocycles. The summed E-state index contributed by atoms with van der Waals surface area (Å²) in [6.45, 7) is 7.02. The van der Waals surface area contributed by atoms with Crippen molar-refractivity contribution in [2.45, 2.75) is 65.3 Å². The molecule has 1 unspecified atom stereocenters. The van der Waals surface area contributed by atoms with Crippen molar-refractivity contribution in [2.75, 3.05) is 7.05 Å². The Balaban J connectivity index is 2.31. The normalized spacial score (nSPS) is 21.4. The molecule has 1 aliphatic carbocycles. The molecular weight excluding hydrogens is 170 g/mol. The van der Waals surface area contributed by atoms with E-state index in [0.717, 1.165) is 12.0 Å². The van der Waals surface area contributed by atoms with Crippen molar-refractivity contribution in [3.05, 3.63) is 0 Å². The summed E-state index contributed by atoms with van der Waals surface area (Å²) >= 11 is 0. The molecule has 1 aliphatic rings. The van der Waals surface area contributed by atoms with Gasteiger partial charge < -0.3 is 5.32 Å². The van der Waals surface area contributed by atoms with E-state index in [4.69, 9.17) is 0 Å². The molecule has 84 valence electrons. The van der Waals surface area contributed by atoms with Crippen LogP contribution in [0.25, 0.3) is 0 Å². The van der Waals surface area contributed by atoms with E-state index in [9.17, 15) is 0 Å². The Morgan fingerprint density at radius 1 is 1.21 bits per heavy atom. The molecule has 0 radical (unpaired) electrons. The summed E-state index contributed by atoms with van der Waals surface area (Å²) in [5.74, 6) is 0.961. The standard InChI is InChI=1S/C13H27N/c1-13(2,3)10-9-12(14-4)11-7-5-6-8-11/h11-12,14H,5-10H2,1-4H3. The Morgan fingerprint density at radius 2 is 1.79 bits per heavy atom. The van der Waals surface area contributed by atoms with Crippen LogP contribution in [-0.4, -0.2) is 13.1 Å². The molecule has 1 rings (SSSR count). The minimum atomic E-state index is 0.494. The molecule has 0 aliphatic heterocycles. The molecule has 0 aromatic rings. The van der Waals surface area contributed by atoms with Crippen molar-refractivity contribution in [2.24, 2.45) is 11.3 Å². The predicted molar refractivity (Wildman–Crippen MR) is 63.5 cm³/mol. The summed E-state index contributed by atoms with van der Waals surface area (Å²) in [5, 5.41) is 3.52. The zero-order chi connectivity index (χ0) is 10.6. The van der Waals surface area contributed by atoms with E-state index in [1.807, 2.05) is 0 Å². The van der Waals surface area contributed by atoms with Crippen molar-refractivity contribution in [1.29, 1.82) is 0 Å². The van der Waals surface area contributed by atoms with Gasteiger partial charge in [-0.15, -0.1) is 0 Å². The lowest BCUT2D eigenvalue weighted by molar-refractivity contribution is 0.288. The smallest absolute Gasteiger partial charge is 0.00925 e. The fourth-order valence-corrected chi connectivity index (χ4v) is 2.56. The summed E-state index contributed by atoms with van der Waals surface area (Å²) in [7, 11) is 2.13. The SMILES string of the molecule is CNC(CCC(C)(C)C)C1CCCC1. The first kappa shape index (κ1) is 12.0. The molecule has 14 heavy (non-hydrogen) atoms. The molecule has 1 atom stereocenters. The largest absolute Gasteiger partial charge is 0.317 e. The Morgan fingerprint density at radius 3 is 2.21 bits per heavy atom. The van der Waals surface area contributed by atoms with Crippen LogP contribution in [0.1, 0.15) is 59.3 Å². The minimum Gasteiger partial charge on any atom is -0.317 e. The van der Waals surface area contributed by atoms with Crippen LogP contribution in [0.15, 0.2) is 0 Å². The van der Waals surface area contributed by atoms with Gasteiger partial charge >= 0.3 is 0 Å². The molecule has 1 nitrogen and oxygen atoms in total. The zero-order valence-electron chi connectivity index (χ0n) is 10.4. The van der Waals surface area contributed by atoms with Crippen molar-refractivity contribution in [3.63, 3.8) is 0 Å². The van der Waals surface area contributed by atoms with Gasteiger partial charge in [0.1, 0.15) is 0 Å². The van der Waals surface area contributed by atoms with Crippen LogP contribution in [0.5, 0.6) is 0 Å². The molecule has 0 saturated heterocycles. The van der Waals surface area contributed by atoms with Crippen molar-refractivity contribution < 1.29 is 0 Å². The number of hydrogen-bond donors (Lipinski definition) is 1. The highest BCUT2D eigenvalue weighted by molar-refractivity contribution is 4.81. The van der Waals surface area contributed by atoms with E-state index in [1.54, 1.807) is 0 Å². The maximum Gasteiger partial charge on any atom is 0.00925 e. The van der Waals surface area contributed by atoms with Crippen LogP contribution in [0, 0.1) is 11.3 Å². The van der Waals surface area contributed by atoms with E-state index in [1.165, 1.54) is 38.5 Å². The van der Waals surface area contributed by atoms with Crippen LogP contribution in [0.3, 0.4) is 0 Å². The van der Waals surface area contributed by atoms with E-state index in [0.29, 0.717) is 5.41 Å². The maximum atomic E-state index is 3.52. The predicted octanol–water partition coefficient (Wildman–Crippen LogP) is 3.59. The number of hydrogen-bond acceptors (Lipinski definition) is 1. The maximum absolute atomic E-state index is 3.52. The molecule has 0 spiro atoms. The summed E-state index contributed by atoms with van der Waals surface area (Å²) in [5.41, 5.74) is 0.494. The van der Waals surface area contributed by atoms with Gasteiger partial charge in [0.25, 0.3) is 0 Å². The van der Waals surface area contributed by atoms with E-state index < -0.39 is 0 Å². The molecule has 0 heterocycles. The highest BCUT2D eigenvalue weighted by Crippen LogP contribution is 2.31. The van der Waals surface area contributed by atoms with E-state index in [2.05, 4.69) is 33.1 Å². The summed E-state index contributed by atoms with van der Waals surface area (Å²) in [6, 6.07) is 0.775. The van der Waals surface area contributed by atoms with Gasteiger partial charge in [-0.25, -0.2) is 0 Å². The fourth-order valence-electron chi connectivity index (χ4n) is 2.56. The van der Waals surface area contributed by atoms with Gasteiger partial charge in [-0.1, -0.05) is 33.6 Å². The van der Waals surface area contributed by atoms with E-state index in [-0.39, 0.29) is 0 Å². The second-order valence-electron chi connectivity index (χ2n) is 6.04. The Kier molecular flexibility index (Phi) is 4.43. The number of rotatable bonds is 4. The third kappa shape index (κ3) is 4.00. The molecule has 1 saturated carbocycles. The first-order chi connectivity index (χ1) is 6.53. The van der Waals surface area contributed by atoms with Gasteiger partial charge in [-0.2, -0.15) is 0 Å². The van der Waals surface area contributed by atoms with Gasteiger partial charge in [-0.05, 0) is 44.1 Å². The fraction of sp³-hybridized carbons (Fsp3) is 1.00. The molecule has 0 bridgehead atoms. The van der Waals surface area contributed by atoms with Crippen LogP contribution >= 0.6 is 0 Å². The molecule has 0 amide bonds.